The molecule has 0 radical (unpaired) electrons. The normalized spacial score (nSPS) is 16.7. The number of furan rings is 1. The standard InChI is InChI=1S/C30H27ClN6O5/c31-23-6-4-20(29-22(23)9-13-41-29)17-42-28-3-1-2-26(34-28)35-10-11-36(32-18-35)16-27-33-24-7-5-19(30(38)39)14-25(24)37(27)15-21-8-12-40-21/h1-7,9,13-14,18,21H,8,10-12,15-17H2,(H,38,39). The van der Waals surface area contributed by atoms with E-state index in [-0.39, 0.29) is 11.7 Å². The van der Waals surface area contributed by atoms with Crippen LogP contribution in [0.25, 0.3) is 22.0 Å². The summed E-state index contributed by atoms with van der Waals surface area (Å²) in [6.07, 6.45) is 4.44. The van der Waals surface area contributed by atoms with Crippen LogP contribution in [0.15, 0.2) is 70.4 Å². The van der Waals surface area contributed by atoms with Gasteiger partial charge in [0, 0.05) is 30.2 Å². The quantitative estimate of drug-likeness (QED) is 0.250. The van der Waals surface area contributed by atoms with E-state index in [0.717, 1.165) is 46.7 Å². The monoisotopic (exact) mass is 586 g/mol. The van der Waals surface area contributed by atoms with Crippen molar-refractivity contribution in [3.63, 3.8) is 0 Å². The number of pyridine rings is 1. The van der Waals surface area contributed by atoms with E-state index in [0.29, 0.717) is 49.3 Å². The van der Waals surface area contributed by atoms with Crippen molar-refractivity contribution in [3.8, 4) is 5.88 Å². The number of fused-ring (bicyclic) bond motifs is 2. The minimum absolute atomic E-state index is 0.0976. The zero-order valence-corrected chi connectivity index (χ0v) is 23.3. The van der Waals surface area contributed by atoms with Crippen molar-refractivity contribution in [2.75, 3.05) is 24.6 Å². The summed E-state index contributed by atoms with van der Waals surface area (Å²) in [6, 6.07) is 16.2. The van der Waals surface area contributed by atoms with Gasteiger partial charge in [-0.1, -0.05) is 23.7 Å². The van der Waals surface area contributed by atoms with Crippen LogP contribution in [0.3, 0.4) is 0 Å². The molecule has 1 fully saturated rings. The molecule has 0 saturated carbocycles. The number of carboxylic acid groups (broad SMARTS) is 1. The molecule has 2 aliphatic heterocycles. The van der Waals surface area contributed by atoms with Crippen LogP contribution in [0.1, 0.15) is 28.2 Å². The molecule has 42 heavy (non-hydrogen) atoms. The van der Waals surface area contributed by atoms with E-state index in [2.05, 4.69) is 14.7 Å². The smallest absolute Gasteiger partial charge is 0.335 e. The predicted octanol–water partition coefficient (Wildman–Crippen LogP) is 5.16. The van der Waals surface area contributed by atoms with E-state index < -0.39 is 5.97 Å². The van der Waals surface area contributed by atoms with Crippen LogP contribution in [0.2, 0.25) is 5.02 Å². The molecular weight excluding hydrogens is 560 g/mol. The van der Waals surface area contributed by atoms with E-state index in [1.165, 1.54) is 0 Å². The van der Waals surface area contributed by atoms with Crippen molar-refractivity contribution < 1.29 is 23.8 Å². The van der Waals surface area contributed by atoms with Gasteiger partial charge in [0.05, 0.1) is 53.6 Å². The minimum atomic E-state index is -0.963. The average Bonchev–Trinajstić information content (AvgIpc) is 3.61. The summed E-state index contributed by atoms with van der Waals surface area (Å²) in [4.78, 5) is 23.0. The molecule has 0 amide bonds. The van der Waals surface area contributed by atoms with Gasteiger partial charge in [-0.2, -0.15) is 10.1 Å². The number of ether oxygens (including phenoxy) is 2. The molecule has 0 spiro atoms. The van der Waals surface area contributed by atoms with Gasteiger partial charge < -0.3 is 28.5 Å². The molecule has 214 valence electrons. The Bertz CT molecular complexity index is 1810. The molecule has 2 aliphatic rings. The van der Waals surface area contributed by atoms with Crippen molar-refractivity contribution in [1.82, 2.24) is 19.5 Å². The maximum Gasteiger partial charge on any atom is 0.335 e. The van der Waals surface area contributed by atoms with Crippen LogP contribution >= 0.6 is 11.6 Å². The first kappa shape index (κ1) is 26.3. The van der Waals surface area contributed by atoms with Crippen LogP contribution in [-0.2, 0) is 24.4 Å². The van der Waals surface area contributed by atoms with Gasteiger partial charge in [-0.25, -0.2) is 9.78 Å². The summed E-state index contributed by atoms with van der Waals surface area (Å²) in [5.74, 6) is 1.07. The van der Waals surface area contributed by atoms with Gasteiger partial charge in [-0.3, -0.25) is 5.01 Å². The number of hydrogen-bond acceptors (Lipinski definition) is 9. The number of benzene rings is 2. The third-order valence-electron chi connectivity index (χ3n) is 7.55. The number of hydrogen-bond donors (Lipinski definition) is 1. The van der Waals surface area contributed by atoms with Crippen LogP contribution in [0.4, 0.5) is 5.82 Å². The Hall–Kier alpha value is -4.61. The molecule has 1 unspecified atom stereocenters. The number of imidazole rings is 1. The first-order valence-electron chi connectivity index (χ1n) is 13.7. The lowest BCUT2D eigenvalue weighted by Gasteiger charge is -2.30. The highest BCUT2D eigenvalue weighted by Crippen LogP contribution is 2.29. The fraction of sp³-hybridized carbons (Fsp3) is 0.267. The SMILES string of the molecule is O=C(O)c1ccc2nc(CN3CCN(c4cccc(OCc5ccc(Cl)c6ccoc56)n4)C=N3)n(CC3CCO3)c2c1. The first-order valence-corrected chi connectivity index (χ1v) is 14.0. The molecule has 3 aromatic heterocycles. The van der Waals surface area contributed by atoms with E-state index in [1.807, 2.05) is 46.3 Å². The first-order chi connectivity index (χ1) is 20.5. The summed E-state index contributed by atoms with van der Waals surface area (Å²) in [5.41, 5.74) is 3.37. The van der Waals surface area contributed by atoms with E-state index in [1.54, 1.807) is 30.8 Å². The lowest BCUT2D eigenvalue weighted by molar-refractivity contribution is -0.0592. The van der Waals surface area contributed by atoms with Gasteiger partial charge in [0.1, 0.15) is 30.2 Å². The Morgan fingerprint density at radius 3 is 2.81 bits per heavy atom. The van der Waals surface area contributed by atoms with E-state index in [9.17, 15) is 9.90 Å². The molecule has 2 aromatic carbocycles. The third-order valence-corrected chi connectivity index (χ3v) is 7.88. The zero-order chi connectivity index (χ0) is 28.6. The second kappa shape index (κ2) is 11.0. The molecule has 11 nitrogen and oxygen atoms in total. The van der Waals surface area contributed by atoms with Crippen molar-refractivity contribution in [2.45, 2.75) is 32.2 Å². The number of carboxylic acids is 1. The maximum absolute atomic E-state index is 11.6. The van der Waals surface area contributed by atoms with Gasteiger partial charge in [0.15, 0.2) is 0 Å². The zero-order valence-electron chi connectivity index (χ0n) is 22.5. The maximum atomic E-state index is 11.6. The highest BCUT2D eigenvalue weighted by atomic mass is 35.5. The number of hydrazone groups is 1. The number of halogens is 1. The van der Waals surface area contributed by atoms with Crippen molar-refractivity contribution in [2.24, 2.45) is 5.10 Å². The highest BCUT2D eigenvalue weighted by molar-refractivity contribution is 6.35. The number of anilines is 1. The van der Waals surface area contributed by atoms with Gasteiger partial charge in [-0.05, 0) is 42.8 Å². The molecule has 12 heteroatoms. The summed E-state index contributed by atoms with van der Waals surface area (Å²) in [7, 11) is 0. The highest BCUT2D eigenvalue weighted by Gasteiger charge is 2.24. The molecule has 5 heterocycles. The number of rotatable bonds is 9. The lowest BCUT2D eigenvalue weighted by atomic mass is 10.1. The minimum Gasteiger partial charge on any atom is -0.478 e. The number of aromatic nitrogens is 3. The summed E-state index contributed by atoms with van der Waals surface area (Å²) in [5, 5.41) is 17.6. The number of aromatic carboxylic acids is 1. The Labute approximate surface area is 245 Å². The number of nitrogens with zero attached hydrogens (tertiary/aromatic N) is 6. The van der Waals surface area contributed by atoms with Crippen molar-refractivity contribution in [1.29, 1.82) is 0 Å². The molecule has 0 aliphatic carbocycles. The van der Waals surface area contributed by atoms with Gasteiger partial charge in [-0.15, -0.1) is 0 Å². The average molecular weight is 587 g/mol. The van der Waals surface area contributed by atoms with Gasteiger partial charge in [0.25, 0.3) is 0 Å². The predicted molar refractivity (Wildman–Crippen MR) is 157 cm³/mol. The molecule has 5 aromatic rings. The third kappa shape index (κ3) is 5.12. The van der Waals surface area contributed by atoms with E-state index >= 15 is 0 Å². The Morgan fingerprint density at radius 1 is 1.12 bits per heavy atom. The second-order valence-corrected chi connectivity index (χ2v) is 10.6. The van der Waals surface area contributed by atoms with Crippen molar-refractivity contribution in [3.05, 3.63) is 82.8 Å². The van der Waals surface area contributed by atoms with Crippen LogP contribution in [0, 0.1) is 0 Å². The Morgan fingerprint density at radius 2 is 2.02 bits per heavy atom. The fourth-order valence-corrected chi connectivity index (χ4v) is 5.40. The van der Waals surface area contributed by atoms with Crippen LogP contribution < -0.4 is 9.64 Å². The molecule has 1 atom stereocenters. The molecule has 1 saturated heterocycles. The van der Waals surface area contributed by atoms with Crippen LogP contribution in [-0.4, -0.2) is 62.8 Å². The summed E-state index contributed by atoms with van der Waals surface area (Å²) < 4.78 is 19.3. The van der Waals surface area contributed by atoms with Crippen molar-refractivity contribution >= 4 is 51.7 Å². The Balaban J connectivity index is 1.05. The number of carbonyl (C=O) groups is 1. The molecule has 0 bridgehead atoms. The Kier molecular flexibility index (Phi) is 6.88. The fourth-order valence-electron chi connectivity index (χ4n) is 5.19. The lowest BCUT2D eigenvalue weighted by Crippen LogP contribution is -2.38. The molecule has 1 N–H and O–H groups in total. The van der Waals surface area contributed by atoms with Gasteiger partial charge in [0.2, 0.25) is 5.88 Å². The summed E-state index contributed by atoms with van der Waals surface area (Å²) >= 11 is 6.26. The topological polar surface area (TPSA) is 118 Å². The second-order valence-electron chi connectivity index (χ2n) is 10.2. The van der Waals surface area contributed by atoms with Crippen LogP contribution in [0.5, 0.6) is 5.88 Å². The molecule has 7 rings (SSSR count). The molecular formula is C30H27ClN6O5. The van der Waals surface area contributed by atoms with E-state index in [4.69, 9.17) is 30.5 Å². The summed E-state index contributed by atoms with van der Waals surface area (Å²) in [6.45, 7) is 3.45. The van der Waals surface area contributed by atoms with Gasteiger partial charge >= 0.3 is 5.97 Å². The largest absolute Gasteiger partial charge is 0.478 e.